The van der Waals surface area contributed by atoms with Gasteiger partial charge in [-0.25, -0.2) is 0 Å². The molecule has 0 aliphatic carbocycles. The van der Waals surface area contributed by atoms with Gasteiger partial charge in [0, 0.05) is 26.0 Å². The molecule has 2 rings (SSSR count). The van der Waals surface area contributed by atoms with Crippen LogP contribution in [0.2, 0.25) is 0 Å². The highest BCUT2D eigenvalue weighted by molar-refractivity contribution is 5.02. The van der Waals surface area contributed by atoms with Crippen molar-refractivity contribution in [1.29, 1.82) is 0 Å². The van der Waals surface area contributed by atoms with E-state index < -0.39 is 0 Å². The maximum atomic E-state index is 5.36. The number of hydrogen-bond donors (Lipinski definition) is 0. The van der Waals surface area contributed by atoms with E-state index >= 15 is 0 Å². The Morgan fingerprint density at radius 3 is 2.94 bits per heavy atom. The van der Waals surface area contributed by atoms with Crippen LogP contribution in [0, 0.1) is 5.92 Å². The van der Waals surface area contributed by atoms with Gasteiger partial charge in [0.1, 0.15) is 0 Å². The number of nitrogens with zero attached hydrogens (tertiary/aromatic N) is 2. The van der Waals surface area contributed by atoms with Gasteiger partial charge >= 0.3 is 0 Å². The first-order chi connectivity index (χ1) is 7.88. The van der Waals surface area contributed by atoms with Crippen molar-refractivity contribution in [2.24, 2.45) is 5.92 Å². The summed E-state index contributed by atoms with van der Waals surface area (Å²) < 4.78 is 7.45. The van der Waals surface area contributed by atoms with Crippen molar-refractivity contribution < 1.29 is 4.74 Å². The Bertz CT molecular complexity index is 303. The number of rotatable bonds is 5. The molecular weight excluding hydrogens is 200 g/mol. The second-order valence-corrected chi connectivity index (χ2v) is 4.66. The van der Waals surface area contributed by atoms with Crippen molar-refractivity contribution in [2.45, 2.75) is 45.6 Å². The zero-order valence-corrected chi connectivity index (χ0v) is 10.2. The summed E-state index contributed by atoms with van der Waals surface area (Å²) in [6, 6.07) is 0. The zero-order chi connectivity index (χ0) is 11.2. The molecule has 16 heavy (non-hydrogen) atoms. The Balaban J connectivity index is 1.66. The van der Waals surface area contributed by atoms with Gasteiger partial charge in [0.2, 0.25) is 0 Å². The van der Waals surface area contributed by atoms with Crippen LogP contribution in [0.1, 0.15) is 38.2 Å². The van der Waals surface area contributed by atoms with E-state index in [4.69, 9.17) is 4.74 Å². The fourth-order valence-electron chi connectivity index (χ4n) is 2.29. The lowest BCUT2D eigenvalue weighted by molar-refractivity contribution is 0.0629. The van der Waals surface area contributed by atoms with Crippen molar-refractivity contribution in [3.05, 3.63) is 18.0 Å². The second kappa shape index (κ2) is 6.04. The second-order valence-electron chi connectivity index (χ2n) is 4.66. The Morgan fingerprint density at radius 2 is 2.25 bits per heavy atom. The molecular formula is C13H22N2O. The van der Waals surface area contributed by atoms with Crippen LogP contribution in [0.5, 0.6) is 0 Å². The highest BCUT2D eigenvalue weighted by Gasteiger charge is 2.12. The number of aryl methyl sites for hydroxylation is 2. The molecule has 0 bridgehead atoms. The van der Waals surface area contributed by atoms with Gasteiger partial charge in [-0.3, -0.25) is 4.68 Å². The molecule has 3 heteroatoms. The third-order valence-corrected chi connectivity index (χ3v) is 3.44. The maximum absolute atomic E-state index is 5.36. The van der Waals surface area contributed by atoms with Crippen LogP contribution in [0.4, 0.5) is 0 Å². The van der Waals surface area contributed by atoms with Crippen molar-refractivity contribution in [3.8, 4) is 0 Å². The molecule has 1 aliphatic heterocycles. The minimum Gasteiger partial charge on any atom is -0.381 e. The summed E-state index contributed by atoms with van der Waals surface area (Å²) in [5, 5.41) is 4.36. The van der Waals surface area contributed by atoms with Crippen molar-refractivity contribution in [2.75, 3.05) is 13.2 Å². The molecule has 0 saturated carbocycles. The molecule has 1 aliphatic rings. The van der Waals surface area contributed by atoms with E-state index in [-0.39, 0.29) is 0 Å². The van der Waals surface area contributed by atoms with Gasteiger partial charge in [0.25, 0.3) is 0 Å². The Morgan fingerprint density at radius 1 is 1.44 bits per heavy atom. The van der Waals surface area contributed by atoms with Crippen LogP contribution in [0.3, 0.4) is 0 Å². The van der Waals surface area contributed by atoms with Gasteiger partial charge in [-0.2, -0.15) is 5.10 Å². The Labute approximate surface area is 97.8 Å². The molecule has 0 amide bonds. The fraction of sp³-hybridized carbons (Fsp3) is 0.769. The number of aromatic nitrogens is 2. The van der Waals surface area contributed by atoms with E-state index in [2.05, 4.69) is 22.9 Å². The van der Waals surface area contributed by atoms with Crippen molar-refractivity contribution >= 4 is 0 Å². The predicted octanol–water partition coefficient (Wildman–Crippen LogP) is 2.65. The Kier molecular flexibility index (Phi) is 4.40. The topological polar surface area (TPSA) is 27.1 Å². The first kappa shape index (κ1) is 11.6. The Hall–Kier alpha value is -0.830. The van der Waals surface area contributed by atoms with Crippen LogP contribution in [-0.4, -0.2) is 23.0 Å². The lowest BCUT2D eigenvalue weighted by Crippen LogP contribution is -2.16. The molecule has 0 aromatic carbocycles. The summed E-state index contributed by atoms with van der Waals surface area (Å²) in [4.78, 5) is 0. The van der Waals surface area contributed by atoms with Crippen LogP contribution in [0.15, 0.2) is 12.4 Å². The first-order valence-electron chi connectivity index (χ1n) is 6.47. The van der Waals surface area contributed by atoms with E-state index in [0.717, 1.165) is 32.1 Å². The number of hydrogen-bond acceptors (Lipinski definition) is 2. The van der Waals surface area contributed by atoms with Crippen LogP contribution >= 0.6 is 0 Å². The standard InChI is InChI=1S/C13H22N2O/c1-2-12-10-14-15(11-12)7-3-4-13-5-8-16-9-6-13/h10-11,13H,2-9H2,1H3. The van der Waals surface area contributed by atoms with Gasteiger partial charge < -0.3 is 4.74 Å². The van der Waals surface area contributed by atoms with Gasteiger partial charge in [0.05, 0.1) is 6.20 Å². The van der Waals surface area contributed by atoms with E-state index in [1.165, 1.54) is 31.2 Å². The quantitative estimate of drug-likeness (QED) is 0.766. The normalized spacial score (nSPS) is 17.8. The van der Waals surface area contributed by atoms with E-state index in [1.54, 1.807) is 0 Å². The molecule has 0 N–H and O–H groups in total. The lowest BCUT2D eigenvalue weighted by atomic mass is 9.95. The largest absolute Gasteiger partial charge is 0.381 e. The molecule has 0 atom stereocenters. The minimum absolute atomic E-state index is 0.884. The van der Waals surface area contributed by atoms with Crippen LogP contribution in [-0.2, 0) is 17.7 Å². The molecule has 2 heterocycles. The van der Waals surface area contributed by atoms with Crippen LogP contribution in [0.25, 0.3) is 0 Å². The molecule has 1 fully saturated rings. The number of ether oxygens (including phenoxy) is 1. The van der Waals surface area contributed by atoms with Gasteiger partial charge in [-0.15, -0.1) is 0 Å². The fourth-order valence-corrected chi connectivity index (χ4v) is 2.29. The first-order valence-corrected chi connectivity index (χ1v) is 6.47. The highest BCUT2D eigenvalue weighted by atomic mass is 16.5. The van der Waals surface area contributed by atoms with Gasteiger partial charge in [-0.1, -0.05) is 6.92 Å². The molecule has 90 valence electrons. The smallest absolute Gasteiger partial charge is 0.0521 e. The monoisotopic (exact) mass is 222 g/mol. The summed E-state index contributed by atoms with van der Waals surface area (Å²) in [5.41, 5.74) is 1.34. The third kappa shape index (κ3) is 3.34. The molecule has 1 aromatic heterocycles. The summed E-state index contributed by atoms with van der Waals surface area (Å²) in [7, 11) is 0. The predicted molar refractivity (Wildman–Crippen MR) is 64.4 cm³/mol. The van der Waals surface area contributed by atoms with Crippen molar-refractivity contribution in [1.82, 2.24) is 9.78 Å². The highest BCUT2D eigenvalue weighted by Crippen LogP contribution is 2.20. The maximum Gasteiger partial charge on any atom is 0.0521 e. The van der Waals surface area contributed by atoms with Crippen LogP contribution < -0.4 is 0 Å². The average molecular weight is 222 g/mol. The van der Waals surface area contributed by atoms with E-state index in [1.807, 2.05) is 6.20 Å². The minimum atomic E-state index is 0.884. The summed E-state index contributed by atoms with van der Waals surface area (Å²) in [6.07, 6.45) is 10.3. The lowest BCUT2D eigenvalue weighted by Gasteiger charge is -2.21. The van der Waals surface area contributed by atoms with Gasteiger partial charge in [-0.05, 0) is 43.6 Å². The molecule has 1 saturated heterocycles. The zero-order valence-electron chi connectivity index (χ0n) is 10.2. The van der Waals surface area contributed by atoms with E-state index in [9.17, 15) is 0 Å². The molecule has 1 aromatic rings. The van der Waals surface area contributed by atoms with E-state index in [0.29, 0.717) is 0 Å². The summed E-state index contributed by atoms with van der Waals surface area (Å²) in [6.45, 7) is 5.17. The SMILES string of the molecule is CCc1cnn(CCCC2CCOCC2)c1. The molecule has 0 radical (unpaired) electrons. The average Bonchev–Trinajstić information content (AvgIpc) is 2.78. The molecule has 0 unspecified atom stereocenters. The summed E-state index contributed by atoms with van der Waals surface area (Å²) >= 11 is 0. The van der Waals surface area contributed by atoms with Gasteiger partial charge in [0.15, 0.2) is 0 Å². The third-order valence-electron chi connectivity index (χ3n) is 3.44. The molecule has 3 nitrogen and oxygen atoms in total. The molecule has 0 spiro atoms. The summed E-state index contributed by atoms with van der Waals surface area (Å²) in [5.74, 6) is 0.884. The van der Waals surface area contributed by atoms with Crippen molar-refractivity contribution in [3.63, 3.8) is 0 Å².